The van der Waals surface area contributed by atoms with Gasteiger partial charge in [-0.25, -0.2) is 4.98 Å². The first kappa shape index (κ1) is 12.9. The van der Waals surface area contributed by atoms with Crippen molar-refractivity contribution in [1.29, 1.82) is 0 Å². The topological polar surface area (TPSA) is 48.1 Å². The minimum Gasteiger partial charge on any atom is -0.437 e. The number of nitrogens with zero attached hydrogens (tertiary/aromatic N) is 1. The lowest BCUT2D eigenvalue weighted by Crippen LogP contribution is -2.05. The van der Waals surface area contributed by atoms with Gasteiger partial charge in [0.05, 0.1) is 5.02 Å². The number of aromatic nitrogens is 1. The average molecular weight is 263 g/mol. The van der Waals surface area contributed by atoms with Crippen LogP contribution >= 0.6 is 11.6 Å². The van der Waals surface area contributed by atoms with Crippen LogP contribution in [-0.2, 0) is 0 Å². The van der Waals surface area contributed by atoms with Crippen LogP contribution in [0.4, 0.5) is 0 Å². The van der Waals surface area contributed by atoms with Gasteiger partial charge in [-0.05, 0) is 37.1 Å². The van der Waals surface area contributed by atoms with Gasteiger partial charge in [0, 0.05) is 18.3 Å². The summed E-state index contributed by atoms with van der Waals surface area (Å²) in [5.41, 5.74) is 7.81. The normalized spacial score (nSPS) is 12.2. The molecule has 2 aromatic rings. The summed E-state index contributed by atoms with van der Waals surface area (Å²) in [4.78, 5) is 4.21. The molecule has 0 aliphatic carbocycles. The third-order valence-corrected chi connectivity index (χ3v) is 2.90. The zero-order valence-electron chi connectivity index (χ0n) is 10.4. The molecular weight excluding hydrogens is 248 g/mol. The lowest BCUT2D eigenvalue weighted by Gasteiger charge is -2.09. The van der Waals surface area contributed by atoms with Gasteiger partial charge in [-0.15, -0.1) is 0 Å². The van der Waals surface area contributed by atoms with E-state index in [2.05, 4.69) is 4.98 Å². The number of benzene rings is 1. The zero-order chi connectivity index (χ0) is 13.1. The first-order valence-electron chi connectivity index (χ1n) is 5.72. The molecule has 0 saturated heterocycles. The number of aryl methyl sites for hydroxylation is 1. The van der Waals surface area contributed by atoms with Gasteiger partial charge in [-0.1, -0.05) is 23.7 Å². The molecule has 0 unspecified atom stereocenters. The summed E-state index contributed by atoms with van der Waals surface area (Å²) < 4.78 is 5.64. The molecule has 0 radical (unpaired) electrons. The molecule has 4 heteroatoms. The van der Waals surface area contributed by atoms with Crippen LogP contribution in [0.3, 0.4) is 0 Å². The Morgan fingerprint density at radius 2 is 2.06 bits per heavy atom. The molecule has 2 N–H and O–H groups in total. The Bertz CT molecular complexity index is 538. The van der Waals surface area contributed by atoms with E-state index in [1.165, 1.54) is 0 Å². The molecule has 94 valence electrons. The van der Waals surface area contributed by atoms with E-state index in [4.69, 9.17) is 22.1 Å². The van der Waals surface area contributed by atoms with Crippen molar-refractivity contribution in [2.45, 2.75) is 19.9 Å². The second-order valence-electron chi connectivity index (χ2n) is 4.25. The van der Waals surface area contributed by atoms with Crippen LogP contribution in [0.2, 0.25) is 5.02 Å². The molecule has 3 nitrogen and oxygen atoms in total. The van der Waals surface area contributed by atoms with Crippen LogP contribution in [0.15, 0.2) is 36.5 Å². The fraction of sp³-hybridized carbons (Fsp3) is 0.214. The van der Waals surface area contributed by atoms with Gasteiger partial charge in [0.25, 0.3) is 0 Å². The molecule has 0 spiro atoms. The predicted octanol–water partition coefficient (Wildman–Crippen LogP) is 3.86. The third-order valence-electron chi connectivity index (χ3n) is 2.59. The van der Waals surface area contributed by atoms with Crippen molar-refractivity contribution >= 4 is 11.6 Å². The van der Waals surface area contributed by atoms with Crippen molar-refractivity contribution in [3.8, 4) is 11.6 Å². The van der Waals surface area contributed by atoms with E-state index in [1.807, 2.05) is 38.1 Å². The molecule has 1 heterocycles. The highest BCUT2D eigenvalue weighted by Gasteiger charge is 2.05. The molecule has 18 heavy (non-hydrogen) atoms. The van der Waals surface area contributed by atoms with E-state index in [0.29, 0.717) is 16.7 Å². The quantitative estimate of drug-likeness (QED) is 0.914. The lowest BCUT2D eigenvalue weighted by molar-refractivity contribution is 0.462. The molecule has 1 aromatic carbocycles. The van der Waals surface area contributed by atoms with Gasteiger partial charge < -0.3 is 10.5 Å². The monoisotopic (exact) mass is 262 g/mol. The number of nitrogens with two attached hydrogens (primary N) is 1. The minimum absolute atomic E-state index is 0.0332. The number of rotatable bonds is 3. The molecule has 0 fully saturated rings. The van der Waals surface area contributed by atoms with Gasteiger partial charge in [0.1, 0.15) is 5.75 Å². The first-order chi connectivity index (χ1) is 8.56. The lowest BCUT2D eigenvalue weighted by atomic mass is 10.2. The molecule has 0 amide bonds. The van der Waals surface area contributed by atoms with Crippen LogP contribution in [-0.4, -0.2) is 4.98 Å². The van der Waals surface area contributed by atoms with Crippen molar-refractivity contribution < 1.29 is 4.74 Å². The molecule has 1 atom stereocenters. The Kier molecular flexibility index (Phi) is 3.84. The van der Waals surface area contributed by atoms with Crippen LogP contribution in [0.1, 0.15) is 24.1 Å². The van der Waals surface area contributed by atoms with E-state index >= 15 is 0 Å². The zero-order valence-corrected chi connectivity index (χ0v) is 11.1. The fourth-order valence-corrected chi connectivity index (χ4v) is 1.68. The molecular formula is C14H15ClN2O. The van der Waals surface area contributed by atoms with Crippen LogP contribution < -0.4 is 10.5 Å². The average Bonchev–Trinajstić information content (AvgIpc) is 2.34. The molecule has 2 rings (SSSR count). The summed E-state index contributed by atoms with van der Waals surface area (Å²) in [7, 11) is 0. The van der Waals surface area contributed by atoms with E-state index in [9.17, 15) is 0 Å². The Balaban J connectivity index is 2.21. The predicted molar refractivity (Wildman–Crippen MR) is 73.1 cm³/mol. The second kappa shape index (κ2) is 5.38. The van der Waals surface area contributed by atoms with Crippen molar-refractivity contribution in [1.82, 2.24) is 4.98 Å². The summed E-state index contributed by atoms with van der Waals surface area (Å²) in [6.45, 7) is 3.89. The SMILES string of the molecule is Cc1ccc(Cl)c(Oc2ccc([C@H](C)N)cn2)c1. The van der Waals surface area contributed by atoms with Crippen LogP contribution in [0.5, 0.6) is 11.6 Å². The molecule has 0 aliphatic heterocycles. The molecule has 1 aromatic heterocycles. The van der Waals surface area contributed by atoms with Crippen molar-refractivity contribution in [3.05, 3.63) is 52.7 Å². The summed E-state index contributed by atoms with van der Waals surface area (Å²) in [6, 6.07) is 9.27. The Labute approximate surface area is 112 Å². The molecule has 0 saturated carbocycles. The highest BCUT2D eigenvalue weighted by molar-refractivity contribution is 6.32. The smallest absolute Gasteiger partial charge is 0.219 e. The summed E-state index contributed by atoms with van der Waals surface area (Å²) in [5, 5.41) is 0.568. The number of ether oxygens (including phenoxy) is 1. The minimum atomic E-state index is -0.0332. The summed E-state index contributed by atoms with van der Waals surface area (Å²) in [6.07, 6.45) is 1.71. The highest BCUT2D eigenvalue weighted by Crippen LogP contribution is 2.29. The first-order valence-corrected chi connectivity index (χ1v) is 6.09. The Hall–Kier alpha value is -1.58. The maximum Gasteiger partial charge on any atom is 0.219 e. The maximum atomic E-state index is 6.06. The van der Waals surface area contributed by atoms with Crippen LogP contribution in [0.25, 0.3) is 0 Å². The number of hydrogen-bond donors (Lipinski definition) is 1. The Morgan fingerprint density at radius 3 is 2.67 bits per heavy atom. The molecule has 0 bridgehead atoms. The highest BCUT2D eigenvalue weighted by atomic mass is 35.5. The number of halogens is 1. The van der Waals surface area contributed by atoms with Crippen LogP contribution in [0, 0.1) is 6.92 Å². The van der Waals surface area contributed by atoms with Crippen molar-refractivity contribution in [2.24, 2.45) is 5.73 Å². The van der Waals surface area contributed by atoms with Gasteiger partial charge >= 0.3 is 0 Å². The molecule has 0 aliphatic rings. The van der Waals surface area contributed by atoms with Gasteiger partial charge in [0.15, 0.2) is 0 Å². The van der Waals surface area contributed by atoms with Gasteiger partial charge in [-0.2, -0.15) is 0 Å². The summed E-state index contributed by atoms with van der Waals surface area (Å²) in [5.74, 6) is 1.12. The third kappa shape index (κ3) is 3.00. The standard InChI is InChI=1S/C14H15ClN2O/c1-9-3-5-12(15)13(7-9)18-14-6-4-11(8-17-14)10(2)16/h3-8,10H,16H2,1-2H3/t10-/m0/s1. The van der Waals surface area contributed by atoms with Gasteiger partial charge in [-0.3, -0.25) is 0 Å². The van der Waals surface area contributed by atoms with Crippen molar-refractivity contribution in [3.63, 3.8) is 0 Å². The summed E-state index contributed by atoms with van der Waals surface area (Å²) >= 11 is 6.06. The second-order valence-corrected chi connectivity index (χ2v) is 4.66. The fourth-order valence-electron chi connectivity index (χ4n) is 1.52. The van der Waals surface area contributed by atoms with E-state index in [0.717, 1.165) is 11.1 Å². The number of hydrogen-bond acceptors (Lipinski definition) is 3. The maximum absolute atomic E-state index is 6.06. The Morgan fingerprint density at radius 1 is 1.28 bits per heavy atom. The van der Waals surface area contributed by atoms with Crippen molar-refractivity contribution in [2.75, 3.05) is 0 Å². The number of pyridine rings is 1. The van der Waals surface area contributed by atoms with E-state index < -0.39 is 0 Å². The largest absolute Gasteiger partial charge is 0.437 e. The van der Waals surface area contributed by atoms with E-state index in [1.54, 1.807) is 12.3 Å². The van der Waals surface area contributed by atoms with E-state index in [-0.39, 0.29) is 6.04 Å². The van der Waals surface area contributed by atoms with Gasteiger partial charge in [0.2, 0.25) is 5.88 Å².